The van der Waals surface area contributed by atoms with Crippen LogP contribution >= 0.6 is 15.9 Å². The molecular weight excluding hydrogens is 214 g/mol. The van der Waals surface area contributed by atoms with Crippen LogP contribution in [0.15, 0.2) is 14.2 Å². The molecule has 60 valence electrons. The van der Waals surface area contributed by atoms with Gasteiger partial charge in [0, 0.05) is 14.1 Å². The summed E-state index contributed by atoms with van der Waals surface area (Å²) in [6, 6.07) is 0. The Morgan fingerprint density at radius 2 is 1.91 bits per heavy atom. The summed E-state index contributed by atoms with van der Waals surface area (Å²) in [5.74, 6) is 0. The Balaban J connectivity index is 3.74. The van der Waals surface area contributed by atoms with E-state index >= 15 is 0 Å². The second-order valence-corrected chi connectivity index (χ2v) is 2.81. The van der Waals surface area contributed by atoms with Gasteiger partial charge in [-0.15, -0.1) is 0 Å². The summed E-state index contributed by atoms with van der Waals surface area (Å²) in [4.78, 5) is 22.0. The second-order valence-electron chi connectivity index (χ2n) is 2.06. The second kappa shape index (κ2) is 2.61. The van der Waals surface area contributed by atoms with Crippen molar-refractivity contribution in [2.24, 2.45) is 14.1 Å². The summed E-state index contributed by atoms with van der Waals surface area (Å²) in [5.41, 5.74) is -0.855. The van der Waals surface area contributed by atoms with Gasteiger partial charge in [0.2, 0.25) is 0 Å². The first-order valence-corrected chi connectivity index (χ1v) is 3.63. The van der Waals surface area contributed by atoms with Crippen LogP contribution in [-0.2, 0) is 14.1 Å². The maximum Gasteiger partial charge on any atom is 0.346 e. The summed E-state index contributed by atoms with van der Waals surface area (Å²) >= 11 is 2.93. The molecule has 0 saturated carbocycles. The molecule has 6 heteroatoms. The number of hydrogen-bond donors (Lipinski definition) is 0. The van der Waals surface area contributed by atoms with Crippen LogP contribution in [-0.4, -0.2) is 14.3 Å². The predicted octanol–water partition coefficient (Wildman–Crippen LogP) is -0.758. The minimum absolute atomic E-state index is 0.141. The van der Waals surface area contributed by atoms with E-state index in [0.29, 0.717) is 0 Å². The summed E-state index contributed by atoms with van der Waals surface area (Å²) < 4.78 is 2.21. The Morgan fingerprint density at radius 1 is 1.36 bits per heavy atom. The van der Waals surface area contributed by atoms with Gasteiger partial charge >= 0.3 is 5.69 Å². The molecule has 0 unspecified atom stereocenters. The van der Waals surface area contributed by atoms with E-state index in [9.17, 15) is 9.59 Å². The minimum Gasteiger partial charge on any atom is -0.266 e. The number of nitrogens with zero attached hydrogens (tertiary/aromatic N) is 3. The number of aryl methyl sites for hydroxylation is 1. The highest BCUT2D eigenvalue weighted by Gasteiger charge is 2.03. The molecule has 1 heterocycles. The number of hydrogen-bond acceptors (Lipinski definition) is 3. The van der Waals surface area contributed by atoms with E-state index in [4.69, 9.17) is 0 Å². The molecule has 0 saturated heterocycles. The van der Waals surface area contributed by atoms with Crippen LogP contribution in [0.3, 0.4) is 0 Å². The van der Waals surface area contributed by atoms with Crippen LogP contribution in [0.4, 0.5) is 0 Å². The average molecular weight is 220 g/mol. The van der Waals surface area contributed by atoms with Crippen LogP contribution < -0.4 is 11.2 Å². The smallest absolute Gasteiger partial charge is 0.266 e. The van der Waals surface area contributed by atoms with Gasteiger partial charge in [0.15, 0.2) is 4.60 Å². The first-order chi connectivity index (χ1) is 5.04. The Kier molecular flexibility index (Phi) is 1.95. The average Bonchev–Trinajstić information content (AvgIpc) is 1.97. The Bertz CT molecular complexity index is 357. The van der Waals surface area contributed by atoms with E-state index in [0.717, 1.165) is 9.25 Å². The van der Waals surface area contributed by atoms with Crippen molar-refractivity contribution in [3.8, 4) is 0 Å². The van der Waals surface area contributed by atoms with Gasteiger partial charge in [0.1, 0.15) is 0 Å². The van der Waals surface area contributed by atoms with Crippen molar-refractivity contribution in [3.63, 3.8) is 0 Å². The monoisotopic (exact) mass is 219 g/mol. The lowest BCUT2D eigenvalue weighted by Gasteiger charge is -1.99. The van der Waals surface area contributed by atoms with Gasteiger partial charge in [-0.3, -0.25) is 9.36 Å². The van der Waals surface area contributed by atoms with Crippen LogP contribution in [0.1, 0.15) is 0 Å². The van der Waals surface area contributed by atoms with Gasteiger partial charge in [-0.1, -0.05) is 0 Å². The number of aromatic nitrogens is 3. The molecule has 0 aliphatic carbocycles. The Labute approximate surface area is 70.4 Å². The fraction of sp³-hybridized carbons (Fsp3) is 0.400. The zero-order valence-corrected chi connectivity index (χ0v) is 7.62. The maximum atomic E-state index is 11.0. The molecule has 1 aromatic heterocycles. The van der Waals surface area contributed by atoms with E-state index in [1.165, 1.54) is 14.1 Å². The highest BCUT2D eigenvalue weighted by molar-refractivity contribution is 9.10. The largest absolute Gasteiger partial charge is 0.346 e. The van der Waals surface area contributed by atoms with Crippen molar-refractivity contribution in [2.75, 3.05) is 0 Å². The molecule has 0 spiro atoms. The predicted molar refractivity (Wildman–Crippen MR) is 42.4 cm³/mol. The summed E-state index contributed by atoms with van der Waals surface area (Å²) in [5, 5.41) is 3.62. The summed E-state index contributed by atoms with van der Waals surface area (Å²) in [6.07, 6.45) is 0. The molecular formula is C5H6BrN3O2. The van der Waals surface area contributed by atoms with E-state index in [2.05, 4.69) is 21.0 Å². The highest BCUT2D eigenvalue weighted by Crippen LogP contribution is 1.91. The van der Waals surface area contributed by atoms with Crippen molar-refractivity contribution in [3.05, 3.63) is 25.4 Å². The van der Waals surface area contributed by atoms with E-state index in [-0.39, 0.29) is 4.60 Å². The van der Waals surface area contributed by atoms with Crippen LogP contribution in [0, 0.1) is 0 Å². The van der Waals surface area contributed by atoms with E-state index in [1.807, 2.05) is 0 Å². The van der Waals surface area contributed by atoms with Gasteiger partial charge in [0.05, 0.1) is 0 Å². The first-order valence-electron chi connectivity index (χ1n) is 2.84. The fourth-order valence-corrected chi connectivity index (χ4v) is 1.16. The zero-order valence-electron chi connectivity index (χ0n) is 6.04. The van der Waals surface area contributed by atoms with E-state index < -0.39 is 11.2 Å². The fourth-order valence-electron chi connectivity index (χ4n) is 0.660. The topological polar surface area (TPSA) is 56.9 Å². The molecule has 0 bridgehead atoms. The molecule has 0 aromatic carbocycles. The third kappa shape index (κ3) is 1.25. The van der Waals surface area contributed by atoms with Crippen molar-refractivity contribution < 1.29 is 0 Å². The molecule has 5 nitrogen and oxygen atoms in total. The highest BCUT2D eigenvalue weighted by atomic mass is 79.9. The van der Waals surface area contributed by atoms with Crippen molar-refractivity contribution >= 4 is 15.9 Å². The number of halogens is 1. The van der Waals surface area contributed by atoms with Gasteiger partial charge in [-0.25, -0.2) is 9.48 Å². The normalized spacial score (nSPS) is 10.1. The molecule has 0 N–H and O–H groups in total. The van der Waals surface area contributed by atoms with Gasteiger partial charge in [-0.2, -0.15) is 5.10 Å². The van der Waals surface area contributed by atoms with Gasteiger partial charge in [0.25, 0.3) is 5.56 Å². The maximum absolute atomic E-state index is 11.0. The van der Waals surface area contributed by atoms with Gasteiger partial charge < -0.3 is 0 Å². The molecule has 0 radical (unpaired) electrons. The van der Waals surface area contributed by atoms with Crippen molar-refractivity contribution in [1.82, 2.24) is 14.3 Å². The SMILES string of the molecule is Cn1nc(Br)c(=O)n(C)c1=O. The molecule has 0 atom stereocenters. The third-order valence-corrected chi connectivity index (χ3v) is 1.78. The Morgan fingerprint density at radius 3 is 2.45 bits per heavy atom. The third-order valence-electron chi connectivity index (χ3n) is 1.28. The quantitative estimate of drug-likeness (QED) is 0.577. The van der Waals surface area contributed by atoms with Crippen molar-refractivity contribution in [2.45, 2.75) is 0 Å². The minimum atomic E-state index is -0.432. The Hall–Kier alpha value is -0.910. The van der Waals surface area contributed by atoms with Crippen molar-refractivity contribution in [1.29, 1.82) is 0 Å². The summed E-state index contributed by atoms with van der Waals surface area (Å²) in [6.45, 7) is 0. The van der Waals surface area contributed by atoms with Crippen LogP contribution in [0.2, 0.25) is 0 Å². The molecule has 0 aliphatic rings. The van der Waals surface area contributed by atoms with Gasteiger partial charge in [-0.05, 0) is 15.9 Å². The number of rotatable bonds is 0. The molecule has 0 fully saturated rings. The molecule has 11 heavy (non-hydrogen) atoms. The molecule has 0 aliphatic heterocycles. The standard InChI is InChI=1S/C5H6BrN3O2/c1-8-4(10)3(6)7-9(2)5(8)11/h1-2H3. The first kappa shape index (κ1) is 8.19. The molecule has 0 amide bonds. The molecule has 1 rings (SSSR count). The van der Waals surface area contributed by atoms with E-state index in [1.54, 1.807) is 0 Å². The lowest BCUT2D eigenvalue weighted by Crippen LogP contribution is -2.38. The van der Waals surface area contributed by atoms with Crippen LogP contribution in [0.25, 0.3) is 0 Å². The molecule has 1 aromatic rings. The summed E-state index contributed by atoms with van der Waals surface area (Å²) in [7, 11) is 2.88. The zero-order chi connectivity index (χ0) is 8.59. The lowest BCUT2D eigenvalue weighted by atomic mass is 10.8. The van der Waals surface area contributed by atoms with Crippen LogP contribution in [0.5, 0.6) is 0 Å². The lowest BCUT2D eigenvalue weighted by molar-refractivity contribution is 0.590.